The first-order chi connectivity index (χ1) is 12.6. The first kappa shape index (κ1) is 17.6. The molecule has 1 aromatic heterocycles. The molecule has 0 aliphatic rings. The van der Waals surface area contributed by atoms with Crippen LogP contribution in [0.2, 0.25) is 0 Å². The summed E-state index contributed by atoms with van der Waals surface area (Å²) in [5.41, 5.74) is 3.75. The molecule has 0 aliphatic heterocycles. The number of rotatable bonds is 6. The molecule has 0 radical (unpaired) electrons. The van der Waals surface area contributed by atoms with Crippen LogP contribution in [0.5, 0.6) is 0 Å². The van der Waals surface area contributed by atoms with Crippen LogP contribution in [0.25, 0.3) is 0 Å². The van der Waals surface area contributed by atoms with E-state index in [4.69, 9.17) is 0 Å². The van der Waals surface area contributed by atoms with E-state index in [1.54, 1.807) is 6.07 Å². The lowest BCUT2D eigenvalue weighted by Gasteiger charge is -2.17. The number of aryl methyl sites for hydroxylation is 1. The van der Waals surface area contributed by atoms with Crippen LogP contribution < -0.4 is 10.2 Å². The van der Waals surface area contributed by atoms with E-state index in [0.29, 0.717) is 12.2 Å². The van der Waals surface area contributed by atoms with Crippen molar-refractivity contribution in [3.05, 3.63) is 89.1 Å². The standard InChI is InChI=1S/C21H22N4O/c1-16-8-6-7-11-18(16)14-22-21(26)19-12-13-20(24-23-19)25(2)15-17-9-4-3-5-10-17/h3-13H,14-15H2,1-2H3,(H,22,26). The predicted molar refractivity (Wildman–Crippen MR) is 103 cm³/mol. The second kappa shape index (κ2) is 8.25. The second-order valence-electron chi connectivity index (χ2n) is 6.23. The van der Waals surface area contributed by atoms with E-state index in [-0.39, 0.29) is 5.91 Å². The van der Waals surface area contributed by atoms with Crippen LogP contribution in [0.1, 0.15) is 27.2 Å². The molecule has 1 heterocycles. The van der Waals surface area contributed by atoms with Crippen molar-refractivity contribution in [3.8, 4) is 0 Å². The predicted octanol–water partition coefficient (Wildman–Crippen LogP) is 3.35. The highest BCUT2D eigenvalue weighted by atomic mass is 16.1. The zero-order valence-electron chi connectivity index (χ0n) is 15.0. The maximum absolute atomic E-state index is 12.3. The van der Waals surface area contributed by atoms with Gasteiger partial charge in [-0.05, 0) is 35.7 Å². The maximum Gasteiger partial charge on any atom is 0.272 e. The van der Waals surface area contributed by atoms with E-state index in [0.717, 1.165) is 23.5 Å². The molecule has 5 heteroatoms. The molecule has 2 aromatic carbocycles. The number of carbonyl (C=O) groups excluding carboxylic acids is 1. The molecule has 0 bridgehead atoms. The molecule has 1 amide bonds. The van der Waals surface area contributed by atoms with Gasteiger partial charge in [0.1, 0.15) is 0 Å². The van der Waals surface area contributed by atoms with Gasteiger partial charge in [0.2, 0.25) is 0 Å². The Morgan fingerprint density at radius 2 is 1.69 bits per heavy atom. The third kappa shape index (κ3) is 4.45. The third-order valence-electron chi connectivity index (χ3n) is 4.24. The van der Waals surface area contributed by atoms with Crippen molar-refractivity contribution >= 4 is 11.7 Å². The van der Waals surface area contributed by atoms with Crippen LogP contribution in [0.4, 0.5) is 5.82 Å². The monoisotopic (exact) mass is 346 g/mol. The molecule has 0 spiro atoms. The molecule has 26 heavy (non-hydrogen) atoms. The number of aromatic nitrogens is 2. The SMILES string of the molecule is Cc1ccccc1CNC(=O)c1ccc(N(C)Cc2ccccc2)nn1. The molecule has 1 N–H and O–H groups in total. The quantitative estimate of drug-likeness (QED) is 0.744. The molecular formula is C21H22N4O. The number of nitrogens with one attached hydrogen (secondary N) is 1. The summed E-state index contributed by atoms with van der Waals surface area (Å²) in [6.07, 6.45) is 0. The summed E-state index contributed by atoms with van der Waals surface area (Å²) in [7, 11) is 1.95. The van der Waals surface area contributed by atoms with Crippen molar-refractivity contribution in [3.63, 3.8) is 0 Å². The van der Waals surface area contributed by atoms with E-state index in [1.165, 1.54) is 5.56 Å². The van der Waals surface area contributed by atoms with Gasteiger partial charge in [-0.3, -0.25) is 4.79 Å². The Morgan fingerprint density at radius 3 is 2.38 bits per heavy atom. The molecule has 5 nitrogen and oxygen atoms in total. The minimum absolute atomic E-state index is 0.224. The van der Waals surface area contributed by atoms with Gasteiger partial charge in [0.25, 0.3) is 5.91 Å². The van der Waals surface area contributed by atoms with Crippen LogP contribution in [0.3, 0.4) is 0 Å². The van der Waals surface area contributed by atoms with Gasteiger partial charge in [-0.25, -0.2) is 0 Å². The van der Waals surface area contributed by atoms with Gasteiger partial charge in [0.15, 0.2) is 11.5 Å². The molecule has 0 atom stereocenters. The maximum atomic E-state index is 12.3. The topological polar surface area (TPSA) is 58.1 Å². The number of hydrogen-bond acceptors (Lipinski definition) is 4. The van der Waals surface area contributed by atoms with Crippen molar-refractivity contribution < 1.29 is 4.79 Å². The van der Waals surface area contributed by atoms with Gasteiger partial charge >= 0.3 is 0 Å². The van der Waals surface area contributed by atoms with Crippen LogP contribution >= 0.6 is 0 Å². The molecule has 132 valence electrons. The van der Waals surface area contributed by atoms with Crippen molar-refractivity contribution in [2.24, 2.45) is 0 Å². The Bertz CT molecular complexity index is 863. The van der Waals surface area contributed by atoms with E-state index in [1.807, 2.05) is 67.4 Å². The van der Waals surface area contributed by atoms with Gasteiger partial charge in [-0.15, -0.1) is 10.2 Å². The summed E-state index contributed by atoms with van der Waals surface area (Å²) in [5, 5.41) is 11.1. The highest BCUT2D eigenvalue weighted by Crippen LogP contribution is 2.12. The van der Waals surface area contributed by atoms with Crippen molar-refractivity contribution in [1.29, 1.82) is 0 Å². The third-order valence-corrected chi connectivity index (χ3v) is 4.24. The number of amides is 1. The number of anilines is 1. The summed E-state index contributed by atoms with van der Waals surface area (Å²) in [6.45, 7) is 3.23. The number of benzene rings is 2. The zero-order valence-corrected chi connectivity index (χ0v) is 15.0. The van der Waals surface area contributed by atoms with Gasteiger partial charge in [0, 0.05) is 20.1 Å². The van der Waals surface area contributed by atoms with Crippen molar-refractivity contribution in [2.75, 3.05) is 11.9 Å². The van der Waals surface area contributed by atoms with Gasteiger partial charge in [-0.1, -0.05) is 54.6 Å². The van der Waals surface area contributed by atoms with E-state index >= 15 is 0 Å². The fourth-order valence-electron chi connectivity index (χ4n) is 2.66. The molecule has 0 aliphatic carbocycles. The fraction of sp³-hybridized carbons (Fsp3) is 0.190. The summed E-state index contributed by atoms with van der Waals surface area (Å²) in [6, 6.07) is 21.6. The summed E-state index contributed by atoms with van der Waals surface area (Å²) in [4.78, 5) is 14.3. The molecule has 3 rings (SSSR count). The first-order valence-electron chi connectivity index (χ1n) is 8.55. The molecule has 3 aromatic rings. The van der Waals surface area contributed by atoms with Crippen LogP contribution in [0.15, 0.2) is 66.7 Å². The Kier molecular flexibility index (Phi) is 5.59. The second-order valence-corrected chi connectivity index (χ2v) is 6.23. The summed E-state index contributed by atoms with van der Waals surface area (Å²) >= 11 is 0. The average Bonchev–Trinajstić information content (AvgIpc) is 2.68. The molecule has 0 saturated carbocycles. The average molecular weight is 346 g/mol. The smallest absolute Gasteiger partial charge is 0.272 e. The Balaban J connectivity index is 1.60. The van der Waals surface area contributed by atoms with Crippen LogP contribution in [-0.2, 0) is 13.1 Å². The van der Waals surface area contributed by atoms with Crippen LogP contribution in [-0.4, -0.2) is 23.2 Å². The van der Waals surface area contributed by atoms with Crippen molar-refractivity contribution in [2.45, 2.75) is 20.0 Å². The Labute approximate surface area is 153 Å². The lowest BCUT2D eigenvalue weighted by molar-refractivity contribution is 0.0945. The Morgan fingerprint density at radius 1 is 0.962 bits per heavy atom. The zero-order chi connectivity index (χ0) is 18.4. The molecule has 0 unspecified atom stereocenters. The van der Waals surface area contributed by atoms with Crippen molar-refractivity contribution in [1.82, 2.24) is 15.5 Å². The summed E-state index contributed by atoms with van der Waals surface area (Å²) in [5.74, 6) is 0.502. The highest BCUT2D eigenvalue weighted by molar-refractivity contribution is 5.92. The van der Waals surface area contributed by atoms with Gasteiger partial charge < -0.3 is 10.2 Å². The largest absolute Gasteiger partial charge is 0.354 e. The van der Waals surface area contributed by atoms with E-state index < -0.39 is 0 Å². The van der Waals surface area contributed by atoms with Gasteiger partial charge in [-0.2, -0.15) is 0 Å². The molecule has 0 fully saturated rings. The normalized spacial score (nSPS) is 10.4. The number of nitrogens with zero attached hydrogens (tertiary/aromatic N) is 3. The summed E-state index contributed by atoms with van der Waals surface area (Å²) < 4.78 is 0. The minimum Gasteiger partial charge on any atom is -0.354 e. The molecule has 0 saturated heterocycles. The number of hydrogen-bond donors (Lipinski definition) is 1. The van der Waals surface area contributed by atoms with Crippen LogP contribution in [0, 0.1) is 6.92 Å². The Hall–Kier alpha value is -3.21. The fourth-order valence-corrected chi connectivity index (χ4v) is 2.66. The minimum atomic E-state index is -0.224. The van der Waals surface area contributed by atoms with Gasteiger partial charge in [0.05, 0.1) is 0 Å². The molecular weight excluding hydrogens is 324 g/mol. The van der Waals surface area contributed by atoms with E-state index in [2.05, 4.69) is 27.6 Å². The van der Waals surface area contributed by atoms with E-state index in [9.17, 15) is 4.79 Å². The first-order valence-corrected chi connectivity index (χ1v) is 8.55. The highest BCUT2D eigenvalue weighted by Gasteiger charge is 2.10. The number of carbonyl (C=O) groups is 1. The lowest BCUT2D eigenvalue weighted by Crippen LogP contribution is -2.25. The lowest BCUT2D eigenvalue weighted by atomic mass is 10.1.